The van der Waals surface area contributed by atoms with Crippen LogP contribution in [0.3, 0.4) is 0 Å². The second kappa shape index (κ2) is 6.84. The van der Waals surface area contributed by atoms with Gasteiger partial charge in [-0.1, -0.05) is 77.3 Å². The van der Waals surface area contributed by atoms with Gasteiger partial charge in [0, 0.05) is 10.0 Å². The normalized spacial score (nSPS) is 10.9. The lowest BCUT2D eigenvalue weighted by molar-refractivity contribution is 1.49. The van der Waals surface area contributed by atoms with Crippen molar-refractivity contribution < 1.29 is 0 Å². The highest BCUT2D eigenvalue weighted by atomic mass is 35.5. The lowest BCUT2D eigenvalue weighted by atomic mass is 10.2. The minimum Gasteiger partial charge on any atom is -0.0843 e. The van der Waals surface area contributed by atoms with Crippen LogP contribution in [0.25, 0.3) is 0 Å². The minimum absolute atomic E-state index is 0.600. The van der Waals surface area contributed by atoms with E-state index in [0.717, 1.165) is 10.0 Å². The van der Waals surface area contributed by atoms with E-state index in [1.807, 2.05) is 24.3 Å². The van der Waals surface area contributed by atoms with Gasteiger partial charge in [0.2, 0.25) is 0 Å². The first-order valence-electron chi connectivity index (χ1n) is 7.01. The van der Waals surface area contributed by atoms with Crippen molar-refractivity contribution >= 4 is 47.0 Å². The third-order valence-corrected chi connectivity index (χ3v) is 6.41. The molecule has 0 aliphatic carbocycles. The third kappa shape index (κ3) is 3.52. The van der Waals surface area contributed by atoms with E-state index in [2.05, 4.69) is 55.5 Å². The van der Waals surface area contributed by atoms with Gasteiger partial charge in [-0.15, -0.1) is 0 Å². The average Bonchev–Trinajstić information content (AvgIpc) is 2.53. The third-order valence-electron chi connectivity index (χ3n) is 3.46. The molecule has 3 aromatic rings. The van der Waals surface area contributed by atoms with Gasteiger partial charge in [-0.25, -0.2) is 0 Å². The van der Waals surface area contributed by atoms with E-state index < -0.39 is 7.92 Å². The van der Waals surface area contributed by atoms with E-state index in [0.29, 0.717) is 0 Å². The fourth-order valence-corrected chi connectivity index (χ4v) is 4.81. The van der Waals surface area contributed by atoms with Crippen LogP contribution in [0, 0.1) is 6.92 Å². The first-order chi connectivity index (χ1) is 10.6. The molecule has 0 saturated carbocycles. The Morgan fingerprint density at radius 3 is 1.23 bits per heavy atom. The van der Waals surface area contributed by atoms with Gasteiger partial charge in [0.05, 0.1) is 0 Å². The van der Waals surface area contributed by atoms with Crippen LogP contribution in [0.4, 0.5) is 0 Å². The Balaban J connectivity index is 2.10. The molecule has 22 heavy (non-hydrogen) atoms. The minimum atomic E-state index is -0.600. The van der Waals surface area contributed by atoms with E-state index >= 15 is 0 Å². The van der Waals surface area contributed by atoms with E-state index in [4.69, 9.17) is 23.2 Å². The van der Waals surface area contributed by atoms with Gasteiger partial charge in [-0.2, -0.15) is 0 Å². The summed E-state index contributed by atoms with van der Waals surface area (Å²) >= 11 is 12.1. The quantitative estimate of drug-likeness (QED) is 0.582. The maximum absolute atomic E-state index is 6.04. The molecule has 0 fully saturated rings. The maximum atomic E-state index is 6.04. The van der Waals surface area contributed by atoms with Gasteiger partial charge in [0.15, 0.2) is 0 Å². The molecule has 0 N–H and O–H groups in total. The summed E-state index contributed by atoms with van der Waals surface area (Å²) in [7, 11) is -0.600. The van der Waals surface area contributed by atoms with E-state index in [1.54, 1.807) is 0 Å². The number of hydrogen-bond donors (Lipinski definition) is 0. The molecule has 0 spiro atoms. The number of rotatable bonds is 3. The highest BCUT2D eigenvalue weighted by Crippen LogP contribution is 2.33. The number of hydrogen-bond acceptors (Lipinski definition) is 0. The Hall–Kier alpha value is -1.33. The maximum Gasteiger partial charge on any atom is 0.0406 e. The van der Waals surface area contributed by atoms with E-state index in [-0.39, 0.29) is 0 Å². The molecular formula is C19H15Cl2P. The first kappa shape index (κ1) is 15.6. The molecule has 0 nitrogen and oxygen atoms in total. The highest BCUT2D eigenvalue weighted by Gasteiger charge is 2.16. The van der Waals surface area contributed by atoms with Crippen LogP contribution in [0.1, 0.15) is 5.56 Å². The van der Waals surface area contributed by atoms with Crippen LogP contribution in [0.5, 0.6) is 0 Å². The molecule has 0 radical (unpaired) electrons. The van der Waals surface area contributed by atoms with E-state index in [1.165, 1.54) is 21.5 Å². The van der Waals surface area contributed by atoms with Crippen molar-refractivity contribution in [3.05, 3.63) is 88.4 Å². The van der Waals surface area contributed by atoms with Crippen molar-refractivity contribution in [3.8, 4) is 0 Å². The molecule has 0 unspecified atom stereocenters. The molecule has 3 aromatic carbocycles. The molecule has 0 saturated heterocycles. The summed E-state index contributed by atoms with van der Waals surface area (Å²) in [4.78, 5) is 0. The van der Waals surface area contributed by atoms with Crippen LogP contribution in [0.2, 0.25) is 10.0 Å². The van der Waals surface area contributed by atoms with Gasteiger partial charge < -0.3 is 0 Å². The second-order valence-corrected chi connectivity index (χ2v) is 8.22. The Morgan fingerprint density at radius 2 is 0.864 bits per heavy atom. The monoisotopic (exact) mass is 344 g/mol. The first-order valence-corrected chi connectivity index (χ1v) is 9.11. The molecule has 0 aliphatic heterocycles. The molecule has 0 aliphatic rings. The molecular weight excluding hydrogens is 330 g/mol. The van der Waals surface area contributed by atoms with Crippen LogP contribution in [0.15, 0.2) is 72.8 Å². The van der Waals surface area contributed by atoms with Gasteiger partial charge in [0.1, 0.15) is 0 Å². The molecule has 0 amide bonds. The van der Waals surface area contributed by atoms with Crippen LogP contribution < -0.4 is 15.9 Å². The summed E-state index contributed by atoms with van der Waals surface area (Å²) in [5.41, 5.74) is 1.27. The predicted octanol–water partition coefficient (Wildman–Crippen LogP) is 5.06. The standard InChI is InChI=1S/C19H15Cl2P/c1-14-2-8-17(9-3-14)22(18-10-4-15(20)5-11-18)19-12-6-16(21)7-13-19/h2-13H,1H3. The summed E-state index contributed by atoms with van der Waals surface area (Å²) in [6.45, 7) is 2.11. The lowest BCUT2D eigenvalue weighted by Crippen LogP contribution is -2.20. The Kier molecular flexibility index (Phi) is 4.84. The van der Waals surface area contributed by atoms with Crippen molar-refractivity contribution in [1.29, 1.82) is 0 Å². The van der Waals surface area contributed by atoms with Gasteiger partial charge >= 0.3 is 0 Å². The zero-order valence-corrected chi connectivity index (χ0v) is 14.5. The SMILES string of the molecule is Cc1ccc(P(c2ccc(Cl)cc2)c2ccc(Cl)cc2)cc1. The fourth-order valence-electron chi connectivity index (χ4n) is 2.32. The Labute approximate surface area is 142 Å². The summed E-state index contributed by atoms with van der Waals surface area (Å²) in [5.74, 6) is 0. The summed E-state index contributed by atoms with van der Waals surface area (Å²) < 4.78 is 0. The van der Waals surface area contributed by atoms with E-state index in [9.17, 15) is 0 Å². The summed E-state index contributed by atoms with van der Waals surface area (Å²) in [5, 5.41) is 5.42. The Bertz CT molecular complexity index is 639. The molecule has 3 heteroatoms. The largest absolute Gasteiger partial charge is 0.0843 e. The van der Waals surface area contributed by atoms with Crippen molar-refractivity contribution in [1.82, 2.24) is 0 Å². The summed E-state index contributed by atoms with van der Waals surface area (Å²) in [6, 6.07) is 25.0. The van der Waals surface area contributed by atoms with Crippen LogP contribution in [-0.4, -0.2) is 0 Å². The van der Waals surface area contributed by atoms with Gasteiger partial charge in [-0.05, 0) is 55.0 Å². The average molecular weight is 345 g/mol. The number of halogens is 2. The second-order valence-electron chi connectivity index (χ2n) is 5.12. The van der Waals surface area contributed by atoms with Crippen molar-refractivity contribution in [2.75, 3.05) is 0 Å². The topological polar surface area (TPSA) is 0 Å². The molecule has 3 rings (SSSR count). The van der Waals surface area contributed by atoms with Crippen molar-refractivity contribution in [3.63, 3.8) is 0 Å². The zero-order chi connectivity index (χ0) is 15.5. The number of benzene rings is 3. The molecule has 0 heterocycles. The van der Waals surface area contributed by atoms with Crippen molar-refractivity contribution in [2.24, 2.45) is 0 Å². The smallest absolute Gasteiger partial charge is 0.0406 e. The summed E-state index contributed by atoms with van der Waals surface area (Å²) in [6.07, 6.45) is 0. The fraction of sp³-hybridized carbons (Fsp3) is 0.0526. The van der Waals surface area contributed by atoms with Crippen molar-refractivity contribution in [2.45, 2.75) is 6.92 Å². The van der Waals surface area contributed by atoms with Gasteiger partial charge in [0.25, 0.3) is 0 Å². The highest BCUT2D eigenvalue weighted by molar-refractivity contribution is 7.79. The van der Waals surface area contributed by atoms with Crippen LogP contribution in [-0.2, 0) is 0 Å². The van der Waals surface area contributed by atoms with Gasteiger partial charge in [-0.3, -0.25) is 0 Å². The predicted molar refractivity (Wildman–Crippen MR) is 99.9 cm³/mol. The number of aryl methyl sites for hydroxylation is 1. The Morgan fingerprint density at radius 1 is 0.545 bits per heavy atom. The molecule has 110 valence electrons. The molecule has 0 bridgehead atoms. The molecule has 0 aromatic heterocycles. The zero-order valence-electron chi connectivity index (χ0n) is 12.1. The molecule has 0 atom stereocenters. The lowest BCUT2D eigenvalue weighted by Gasteiger charge is -2.19. The van der Waals surface area contributed by atoms with Crippen LogP contribution >= 0.6 is 31.1 Å².